The van der Waals surface area contributed by atoms with Crippen molar-refractivity contribution >= 4 is 38.8 Å². The van der Waals surface area contributed by atoms with E-state index in [9.17, 15) is 4.79 Å². The zero-order valence-electron chi connectivity index (χ0n) is 12.7. The molecule has 0 atom stereocenters. The molecule has 2 aromatic heterocycles. The van der Waals surface area contributed by atoms with Crippen LogP contribution in [0.4, 0.5) is 11.4 Å². The van der Waals surface area contributed by atoms with Crippen molar-refractivity contribution in [1.29, 1.82) is 0 Å². The Bertz CT molecular complexity index is 802. The predicted molar refractivity (Wildman–Crippen MR) is 93.9 cm³/mol. The highest BCUT2D eigenvalue weighted by Gasteiger charge is 2.11. The molecule has 2 heterocycles. The Hall–Kier alpha value is -2.44. The average molecular weight is 327 g/mol. The first-order valence-corrected chi connectivity index (χ1v) is 8.11. The largest absolute Gasteiger partial charge is 0.385 e. The third-order valence-corrected chi connectivity index (χ3v) is 4.26. The van der Waals surface area contributed by atoms with Gasteiger partial charge in [-0.3, -0.25) is 9.78 Å². The van der Waals surface area contributed by atoms with Gasteiger partial charge in [-0.25, -0.2) is 0 Å². The summed E-state index contributed by atoms with van der Waals surface area (Å²) in [4.78, 5) is 16.4. The SMILES string of the molecule is CNc1c(NC(=O)COCc2ccccc2)cnc2ccsc12. The van der Waals surface area contributed by atoms with Gasteiger partial charge >= 0.3 is 0 Å². The minimum absolute atomic E-state index is 0.000522. The lowest BCUT2D eigenvalue weighted by atomic mass is 10.2. The Morgan fingerprint density at radius 3 is 2.87 bits per heavy atom. The molecule has 2 N–H and O–H groups in total. The number of pyridine rings is 1. The van der Waals surface area contributed by atoms with Gasteiger partial charge < -0.3 is 15.4 Å². The van der Waals surface area contributed by atoms with E-state index in [0.29, 0.717) is 12.3 Å². The molecule has 0 saturated carbocycles. The molecule has 3 rings (SSSR count). The number of anilines is 2. The van der Waals surface area contributed by atoms with Crippen molar-refractivity contribution in [3.63, 3.8) is 0 Å². The van der Waals surface area contributed by atoms with Crippen LogP contribution in [0.3, 0.4) is 0 Å². The van der Waals surface area contributed by atoms with Crippen LogP contribution in [0.25, 0.3) is 10.2 Å². The van der Waals surface area contributed by atoms with E-state index in [4.69, 9.17) is 4.74 Å². The van der Waals surface area contributed by atoms with Crippen molar-refractivity contribution in [2.24, 2.45) is 0 Å². The number of thiophene rings is 1. The summed E-state index contributed by atoms with van der Waals surface area (Å²) in [6, 6.07) is 11.7. The molecule has 118 valence electrons. The normalized spacial score (nSPS) is 10.7. The molecule has 0 bridgehead atoms. The number of nitrogens with one attached hydrogen (secondary N) is 2. The highest BCUT2D eigenvalue weighted by Crippen LogP contribution is 2.33. The van der Waals surface area contributed by atoms with Gasteiger partial charge in [-0.2, -0.15) is 0 Å². The molecular formula is C17H17N3O2S. The van der Waals surface area contributed by atoms with Crippen molar-refractivity contribution in [2.45, 2.75) is 6.61 Å². The van der Waals surface area contributed by atoms with Crippen molar-refractivity contribution in [2.75, 3.05) is 24.3 Å². The molecule has 0 unspecified atom stereocenters. The van der Waals surface area contributed by atoms with Gasteiger partial charge in [0.25, 0.3) is 0 Å². The molecule has 0 radical (unpaired) electrons. The molecule has 0 aliphatic heterocycles. The van der Waals surface area contributed by atoms with Crippen LogP contribution in [0, 0.1) is 0 Å². The number of nitrogens with zero attached hydrogens (tertiary/aromatic N) is 1. The predicted octanol–water partition coefficient (Wildman–Crippen LogP) is 3.49. The summed E-state index contributed by atoms with van der Waals surface area (Å²) in [5.41, 5.74) is 3.49. The fraction of sp³-hybridized carbons (Fsp3) is 0.176. The molecule has 1 aromatic carbocycles. The summed E-state index contributed by atoms with van der Waals surface area (Å²) in [6.07, 6.45) is 1.66. The summed E-state index contributed by atoms with van der Waals surface area (Å²) in [5, 5.41) is 7.95. The summed E-state index contributed by atoms with van der Waals surface area (Å²) in [5.74, 6) is -0.199. The second kappa shape index (κ2) is 7.21. The van der Waals surface area contributed by atoms with Crippen LogP contribution in [-0.2, 0) is 16.1 Å². The van der Waals surface area contributed by atoms with Gasteiger partial charge in [0.2, 0.25) is 5.91 Å². The Morgan fingerprint density at radius 2 is 2.09 bits per heavy atom. The van der Waals surface area contributed by atoms with Crippen molar-refractivity contribution in [1.82, 2.24) is 4.98 Å². The number of benzene rings is 1. The standard InChI is InChI=1S/C17H17N3O2S/c1-18-16-14(9-19-13-7-8-23-17(13)16)20-15(21)11-22-10-12-5-3-2-4-6-12/h2-9H,10-11H2,1H3,(H,18,19)(H,20,21). The van der Waals surface area contributed by atoms with Crippen LogP contribution in [0.5, 0.6) is 0 Å². The number of carbonyl (C=O) groups is 1. The Morgan fingerprint density at radius 1 is 1.26 bits per heavy atom. The number of rotatable bonds is 6. The van der Waals surface area contributed by atoms with E-state index in [2.05, 4.69) is 15.6 Å². The third kappa shape index (κ3) is 3.67. The number of hydrogen-bond acceptors (Lipinski definition) is 5. The Kier molecular flexibility index (Phi) is 4.85. The Balaban J connectivity index is 1.61. The first-order chi connectivity index (χ1) is 11.3. The number of carbonyl (C=O) groups excluding carboxylic acids is 1. The lowest BCUT2D eigenvalue weighted by Crippen LogP contribution is -2.19. The molecule has 0 saturated heterocycles. The van der Waals surface area contributed by atoms with Crippen LogP contribution in [0.1, 0.15) is 5.56 Å². The minimum Gasteiger partial charge on any atom is -0.385 e. The molecule has 0 aliphatic carbocycles. The molecule has 6 heteroatoms. The monoisotopic (exact) mass is 327 g/mol. The van der Waals surface area contributed by atoms with Gasteiger partial charge in [-0.05, 0) is 17.0 Å². The second-order valence-corrected chi connectivity index (χ2v) is 5.87. The van der Waals surface area contributed by atoms with E-state index in [0.717, 1.165) is 21.5 Å². The molecule has 0 spiro atoms. The van der Waals surface area contributed by atoms with Crippen LogP contribution in [0.15, 0.2) is 48.0 Å². The maximum atomic E-state index is 12.1. The average Bonchev–Trinajstić information content (AvgIpc) is 3.04. The van der Waals surface area contributed by atoms with E-state index in [-0.39, 0.29) is 12.5 Å². The van der Waals surface area contributed by atoms with Gasteiger partial charge in [0.15, 0.2) is 0 Å². The van der Waals surface area contributed by atoms with E-state index in [1.807, 2.05) is 48.8 Å². The van der Waals surface area contributed by atoms with Crippen molar-refractivity contribution in [3.05, 3.63) is 53.5 Å². The first-order valence-electron chi connectivity index (χ1n) is 7.23. The maximum Gasteiger partial charge on any atom is 0.250 e. The zero-order valence-corrected chi connectivity index (χ0v) is 13.5. The fourth-order valence-corrected chi connectivity index (χ4v) is 3.18. The number of fused-ring (bicyclic) bond motifs is 1. The molecule has 3 aromatic rings. The first kappa shape index (κ1) is 15.5. The van der Waals surface area contributed by atoms with Gasteiger partial charge in [0, 0.05) is 7.05 Å². The van der Waals surface area contributed by atoms with E-state index < -0.39 is 0 Å². The highest BCUT2D eigenvalue weighted by molar-refractivity contribution is 7.17. The Labute approximate surface area is 138 Å². The highest BCUT2D eigenvalue weighted by atomic mass is 32.1. The number of ether oxygens (including phenoxy) is 1. The maximum absolute atomic E-state index is 12.1. The molecule has 23 heavy (non-hydrogen) atoms. The fourth-order valence-electron chi connectivity index (χ4n) is 2.28. The molecule has 1 amide bonds. The van der Waals surface area contributed by atoms with Crippen LogP contribution in [-0.4, -0.2) is 24.5 Å². The summed E-state index contributed by atoms with van der Waals surface area (Å²) >= 11 is 1.59. The van der Waals surface area contributed by atoms with E-state index >= 15 is 0 Å². The number of amides is 1. The van der Waals surface area contributed by atoms with Crippen LogP contribution in [0.2, 0.25) is 0 Å². The quantitative estimate of drug-likeness (QED) is 0.727. The topological polar surface area (TPSA) is 63.2 Å². The lowest BCUT2D eigenvalue weighted by molar-refractivity contribution is -0.121. The van der Waals surface area contributed by atoms with Crippen LogP contribution < -0.4 is 10.6 Å². The van der Waals surface area contributed by atoms with Crippen molar-refractivity contribution < 1.29 is 9.53 Å². The van der Waals surface area contributed by atoms with E-state index in [1.165, 1.54) is 0 Å². The third-order valence-electron chi connectivity index (χ3n) is 3.34. The molecule has 0 fully saturated rings. The van der Waals surface area contributed by atoms with Gasteiger partial charge in [-0.1, -0.05) is 30.3 Å². The van der Waals surface area contributed by atoms with Crippen LogP contribution >= 0.6 is 11.3 Å². The lowest BCUT2D eigenvalue weighted by Gasteiger charge is -2.11. The smallest absolute Gasteiger partial charge is 0.250 e. The van der Waals surface area contributed by atoms with E-state index in [1.54, 1.807) is 17.5 Å². The zero-order chi connectivity index (χ0) is 16.1. The molecular weight excluding hydrogens is 310 g/mol. The van der Waals surface area contributed by atoms with Gasteiger partial charge in [-0.15, -0.1) is 11.3 Å². The van der Waals surface area contributed by atoms with Gasteiger partial charge in [0.05, 0.1) is 34.4 Å². The van der Waals surface area contributed by atoms with Crippen molar-refractivity contribution in [3.8, 4) is 0 Å². The second-order valence-electron chi connectivity index (χ2n) is 4.96. The number of hydrogen-bond donors (Lipinski definition) is 2. The molecule has 5 nitrogen and oxygen atoms in total. The number of aromatic nitrogens is 1. The minimum atomic E-state index is -0.199. The molecule has 0 aliphatic rings. The van der Waals surface area contributed by atoms with Gasteiger partial charge in [0.1, 0.15) is 6.61 Å². The summed E-state index contributed by atoms with van der Waals surface area (Å²) in [6.45, 7) is 0.413. The summed E-state index contributed by atoms with van der Waals surface area (Å²) < 4.78 is 6.47. The summed E-state index contributed by atoms with van der Waals surface area (Å²) in [7, 11) is 1.83.